The van der Waals surface area contributed by atoms with Gasteiger partial charge in [0.1, 0.15) is 6.10 Å². The maximum Gasteiger partial charge on any atom is 0.101 e. The van der Waals surface area contributed by atoms with Gasteiger partial charge in [-0.25, -0.2) is 0 Å². The number of hydrogen-bond donors (Lipinski definition) is 0. The van der Waals surface area contributed by atoms with Crippen LogP contribution in [0.3, 0.4) is 0 Å². The molecule has 0 aliphatic rings. The van der Waals surface area contributed by atoms with Crippen LogP contribution in [0, 0.1) is 0 Å². The van der Waals surface area contributed by atoms with Gasteiger partial charge in [0.2, 0.25) is 0 Å². The maximum atomic E-state index is 5.79. The van der Waals surface area contributed by atoms with Crippen LogP contribution >= 0.6 is 0 Å². The predicted octanol–water partition coefficient (Wildman–Crippen LogP) is 4.64. The highest BCUT2D eigenvalue weighted by Crippen LogP contribution is 2.17. The summed E-state index contributed by atoms with van der Waals surface area (Å²) in [5.74, 6) is 0. The Hall–Kier alpha value is -2.12. The molecule has 0 N–H and O–H groups in total. The Morgan fingerprint density at radius 2 is 1.58 bits per heavy atom. The van der Waals surface area contributed by atoms with E-state index in [1.54, 1.807) is 0 Å². The molecule has 0 bridgehead atoms. The summed E-state index contributed by atoms with van der Waals surface area (Å²) in [6, 6.07) is 20.3. The van der Waals surface area contributed by atoms with Crippen molar-refractivity contribution < 1.29 is 4.74 Å². The highest BCUT2D eigenvalue weighted by molar-refractivity contribution is 5.48. The molecule has 1 heteroatoms. The van der Waals surface area contributed by atoms with Crippen molar-refractivity contribution in [3.8, 4) is 0 Å². The average Bonchev–Trinajstić information content (AvgIpc) is 2.49. The zero-order chi connectivity index (χ0) is 13.3. The van der Waals surface area contributed by atoms with Gasteiger partial charge in [0.15, 0.2) is 0 Å². The summed E-state index contributed by atoms with van der Waals surface area (Å²) >= 11 is 0. The Kier molecular flexibility index (Phi) is 5.15. The van der Waals surface area contributed by atoms with Crippen molar-refractivity contribution in [2.24, 2.45) is 0 Å². The van der Waals surface area contributed by atoms with Crippen molar-refractivity contribution in [3.05, 3.63) is 90.5 Å². The molecule has 1 atom stereocenters. The standard InChI is InChI=1S/C18H18O/c1-2-18(17-13-7-4-8-14-17)19-15-9-12-16-10-5-3-6-11-16/h2-14,18H,1,15H2. The van der Waals surface area contributed by atoms with Crippen LogP contribution in [0.1, 0.15) is 17.2 Å². The molecule has 0 amide bonds. The lowest BCUT2D eigenvalue weighted by Crippen LogP contribution is -2.00. The molecule has 0 spiro atoms. The molecule has 0 aromatic heterocycles. The highest BCUT2D eigenvalue weighted by Gasteiger charge is 2.05. The van der Waals surface area contributed by atoms with E-state index in [2.05, 4.69) is 24.8 Å². The van der Waals surface area contributed by atoms with E-state index in [1.807, 2.05) is 60.7 Å². The predicted molar refractivity (Wildman–Crippen MR) is 80.8 cm³/mol. The highest BCUT2D eigenvalue weighted by atomic mass is 16.5. The van der Waals surface area contributed by atoms with E-state index in [-0.39, 0.29) is 6.10 Å². The molecule has 0 aliphatic carbocycles. The van der Waals surface area contributed by atoms with Crippen molar-refractivity contribution in [1.82, 2.24) is 0 Å². The van der Waals surface area contributed by atoms with Crippen LogP contribution in [0.2, 0.25) is 0 Å². The second-order valence-electron chi connectivity index (χ2n) is 4.21. The molecule has 0 aliphatic heterocycles. The molecule has 0 fully saturated rings. The smallest absolute Gasteiger partial charge is 0.101 e. The average molecular weight is 250 g/mol. The van der Waals surface area contributed by atoms with E-state index in [1.165, 1.54) is 5.56 Å². The summed E-state index contributed by atoms with van der Waals surface area (Å²) in [5.41, 5.74) is 2.31. The van der Waals surface area contributed by atoms with Gasteiger partial charge in [-0.2, -0.15) is 0 Å². The second kappa shape index (κ2) is 7.34. The Balaban J connectivity index is 1.88. The van der Waals surface area contributed by atoms with E-state index in [9.17, 15) is 0 Å². The van der Waals surface area contributed by atoms with Crippen molar-refractivity contribution in [2.45, 2.75) is 6.10 Å². The van der Waals surface area contributed by atoms with Crippen LogP contribution in [0.5, 0.6) is 0 Å². The van der Waals surface area contributed by atoms with Gasteiger partial charge in [0.05, 0.1) is 6.61 Å². The van der Waals surface area contributed by atoms with E-state index in [0.717, 1.165) is 5.56 Å². The van der Waals surface area contributed by atoms with Crippen molar-refractivity contribution in [3.63, 3.8) is 0 Å². The van der Waals surface area contributed by atoms with Crippen molar-refractivity contribution in [1.29, 1.82) is 0 Å². The molecule has 2 rings (SSSR count). The first-order chi connectivity index (χ1) is 9.40. The summed E-state index contributed by atoms with van der Waals surface area (Å²) in [6.07, 6.45) is 5.85. The zero-order valence-corrected chi connectivity index (χ0v) is 10.9. The van der Waals surface area contributed by atoms with E-state index in [4.69, 9.17) is 4.74 Å². The molecule has 19 heavy (non-hydrogen) atoms. The van der Waals surface area contributed by atoms with Gasteiger partial charge in [-0.1, -0.05) is 78.9 Å². The lowest BCUT2D eigenvalue weighted by Gasteiger charge is -2.12. The normalized spacial score (nSPS) is 12.4. The van der Waals surface area contributed by atoms with Crippen LogP contribution in [0.4, 0.5) is 0 Å². The van der Waals surface area contributed by atoms with Gasteiger partial charge < -0.3 is 4.74 Å². The molecular formula is C18H18O. The van der Waals surface area contributed by atoms with Gasteiger partial charge in [-0.05, 0) is 11.1 Å². The largest absolute Gasteiger partial charge is 0.365 e. The third-order valence-electron chi connectivity index (χ3n) is 2.82. The topological polar surface area (TPSA) is 9.23 Å². The molecule has 2 aromatic carbocycles. The quantitative estimate of drug-likeness (QED) is 0.678. The van der Waals surface area contributed by atoms with Crippen LogP contribution in [0.25, 0.3) is 6.08 Å². The van der Waals surface area contributed by atoms with Crippen LogP contribution in [0.15, 0.2) is 79.4 Å². The SMILES string of the molecule is C=CC(OCC=Cc1ccccc1)c1ccccc1. The van der Waals surface area contributed by atoms with Gasteiger partial charge in [-0.3, -0.25) is 0 Å². The molecule has 1 nitrogen and oxygen atoms in total. The molecule has 96 valence electrons. The van der Waals surface area contributed by atoms with Crippen molar-refractivity contribution in [2.75, 3.05) is 6.61 Å². The van der Waals surface area contributed by atoms with Gasteiger partial charge in [-0.15, -0.1) is 6.58 Å². The molecule has 2 aromatic rings. The van der Waals surface area contributed by atoms with Crippen LogP contribution in [-0.4, -0.2) is 6.61 Å². The third-order valence-corrected chi connectivity index (χ3v) is 2.82. The molecular weight excluding hydrogens is 232 g/mol. The Labute approximate surface area is 114 Å². The Bertz CT molecular complexity index is 514. The first kappa shape index (κ1) is 13.3. The lowest BCUT2D eigenvalue weighted by atomic mass is 10.1. The maximum absolute atomic E-state index is 5.79. The van der Waals surface area contributed by atoms with Crippen molar-refractivity contribution >= 4 is 6.08 Å². The number of hydrogen-bond acceptors (Lipinski definition) is 1. The van der Waals surface area contributed by atoms with Crippen LogP contribution in [-0.2, 0) is 4.74 Å². The summed E-state index contributed by atoms with van der Waals surface area (Å²) in [4.78, 5) is 0. The number of ether oxygens (including phenoxy) is 1. The monoisotopic (exact) mass is 250 g/mol. The first-order valence-corrected chi connectivity index (χ1v) is 6.41. The molecule has 0 saturated heterocycles. The summed E-state index contributed by atoms with van der Waals surface area (Å²) in [7, 11) is 0. The summed E-state index contributed by atoms with van der Waals surface area (Å²) in [5, 5.41) is 0. The van der Waals surface area contributed by atoms with E-state index in [0.29, 0.717) is 6.61 Å². The third kappa shape index (κ3) is 4.23. The summed E-state index contributed by atoms with van der Waals surface area (Å²) in [6.45, 7) is 4.40. The minimum atomic E-state index is -0.0541. The molecule has 1 unspecified atom stereocenters. The minimum absolute atomic E-state index is 0.0541. The number of benzene rings is 2. The Morgan fingerprint density at radius 1 is 0.947 bits per heavy atom. The van der Waals surface area contributed by atoms with Gasteiger partial charge >= 0.3 is 0 Å². The number of rotatable bonds is 6. The zero-order valence-electron chi connectivity index (χ0n) is 10.9. The fraction of sp³-hybridized carbons (Fsp3) is 0.111. The first-order valence-electron chi connectivity index (χ1n) is 6.41. The van der Waals surface area contributed by atoms with Crippen LogP contribution < -0.4 is 0 Å². The fourth-order valence-electron chi connectivity index (χ4n) is 1.85. The fourth-order valence-corrected chi connectivity index (χ4v) is 1.85. The van der Waals surface area contributed by atoms with E-state index >= 15 is 0 Å². The summed E-state index contributed by atoms with van der Waals surface area (Å²) < 4.78 is 5.79. The molecule has 0 radical (unpaired) electrons. The molecule has 0 heterocycles. The Morgan fingerprint density at radius 3 is 2.21 bits per heavy atom. The van der Waals surface area contributed by atoms with E-state index < -0.39 is 0 Å². The lowest BCUT2D eigenvalue weighted by molar-refractivity contribution is 0.110. The minimum Gasteiger partial charge on any atom is -0.365 e. The van der Waals surface area contributed by atoms with Gasteiger partial charge in [0.25, 0.3) is 0 Å². The second-order valence-corrected chi connectivity index (χ2v) is 4.21. The van der Waals surface area contributed by atoms with Gasteiger partial charge in [0, 0.05) is 0 Å². The molecule has 0 saturated carbocycles.